The summed E-state index contributed by atoms with van der Waals surface area (Å²) in [6.07, 6.45) is 0. The summed E-state index contributed by atoms with van der Waals surface area (Å²) in [4.78, 5) is 0. The molecule has 0 N–H and O–H groups in total. The van der Waals surface area contributed by atoms with E-state index < -0.39 is 0 Å². The van der Waals surface area contributed by atoms with Crippen LogP contribution in [0.25, 0.3) is 0 Å². The molecule has 1 heterocycles. The maximum absolute atomic E-state index is 5.87. The largest absolute Gasteiger partial charge is 0.437 e. The number of nitrogens with zero attached hydrogens (tertiary/aromatic N) is 2. The van der Waals surface area contributed by atoms with Crippen molar-refractivity contribution in [1.29, 1.82) is 0 Å². The molecule has 0 saturated carbocycles. The van der Waals surface area contributed by atoms with E-state index in [1.165, 1.54) is 0 Å². The predicted molar refractivity (Wildman–Crippen MR) is 68.0 cm³/mol. The number of hydrogen-bond acceptors (Lipinski definition) is 3. The molecule has 1 aromatic carbocycles. The second-order valence-corrected chi connectivity index (χ2v) is 4.40. The number of halogens is 2. The fraction of sp³-hybridized carbons (Fsp3) is 0.167. The molecule has 0 bridgehead atoms. The third-order valence-corrected chi connectivity index (χ3v) is 3.03. The van der Waals surface area contributed by atoms with Crippen LogP contribution in [0.2, 0.25) is 10.2 Å². The third-order valence-electron chi connectivity index (χ3n) is 2.43. The van der Waals surface area contributed by atoms with Crippen LogP contribution >= 0.6 is 23.2 Å². The highest BCUT2D eigenvalue weighted by molar-refractivity contribution is 6.30. The first-order valence-electron chi connectivity index (χ1n) is 5.00. The molecular weight excluding hydrogens is 259 g/mol. The van der Waals surface area contributed by atoms with Gasteiger partial charge < -0.3 is 4.74 Å². The smallest absolute Gasteiger partial charge is 0.242 e. The van der Waals surface area contributed by atoms with Gasteiger partial charge in [-0.1, -0.05) is 29.3 Å². The number of benzene rings is 1. The van der Waals surface area contributed by atoms with Crippen molar-refractivity contribution < 1.29 is 4.74 Å². The molecule has 0 amide bonds. The Bertz CT molecular complexity index is 558. The van der Waals surface area contributed by atoms with Crippen LogP contribution in [0, 0.1) is 13.8 Å². The summed E-state index contributed by atoms with van der Waals surface area (Å²) < 4.78 is 5.61. The van der Waals surface area contributed by atoms with Gasteiger partial charge in [0.05, 0.1) is 0 Å². The first-order valence-corrected chi connectivity index (χ1v) is 5.76. The molecule has 0 aliphatic heterocycles. The van der Waals surface area contributed by atoms with Gasteiger partial charge in [0.25, 0.3) is 0 Å². The average molecular weight is 269 g/mol. The summed E-state index contributed by atoms with van der Waals surface area (Å²) in [7, 11) is 0. The van der Waals surface area contributed by atoms with Crippen molar-refractivity contribution in [3.05, 3.63) is 45.6 Å². The Morgan fingerprint density at radius 1 is 1.06 bits per heavy atom. The van der Waals surface area contributed by atoms with Gasteiger partial charge in [0.2, 0.25) is 5.88 Å². The number of aromatic nitrogens is 2. The topological polar surface area (TPSA) is 35.0 Å². The van der Waals surface area contributed by atoms with Crippen molar-refractivity contribution in [2.45, 2.75) is 13.8 Å². The van der Waals surface area contributed by atoms with Crippen LogP contribution in [0.3, 0.4) is 0 Å². The minimum absolute atomic E-state index is 0.390. The first-order chi connectivity index (χ1) is 8.08. The molecule has 0 radical (unpaired) electrons. The minimum Gasteiger partial charge on any atom is -0.437 e. The molecule has 2 aromatic rings. The molecule has 2 rings (SSSR count). The molecular formula is C12H10Cl2N2O. The summed E-state index contributed by atoms with van der Waals surface area (Å²) in [6.45, 7) is 3.76. The van der Waals surface area contributed by atoms with Crippen LogP contribution in [-0.4, -0.2) is 10.2 Å². The lowest BCUT2D eigenvalue weighted by Crippen LogP contribution is -1.97. The monoisotopic (exact) mass is 268 g/mol. The molecule has 17 heavy (non-hydrogen) atoms. The molecule has 0 fully saturated rings. The van der Waals surface area contributed by atoms with Crippen molar-refractivity contribution in [3.63, 3.8) is 0 Å². The predicted octanol–water partition coefficient (Wildman–Crippen LogP) is 4.19. The van der Waals surface area contributed by atoms with Gasteiger partial charge in [-0.25, -0.2) is 0 Å². The Morgan fingerprint density at radius 3 is 2.53 bits per heavy atom. The molecule has 0 saturated heterocycles. The van der Waals surface area contributed by atoms with Crippen LogP contribution in [0.5, 0.6) is 11.6 Å². The standard InChI is InChI=1S/C12H10Cl2N2O/c1-7-8(2)12(16-15-11(7)14)17-10-5-3-4-9(13)6-10/h3-6H,1-2H3. The Hall–Kier alpha value is -1.32. The Morgan fingerprint density at radius 2 is 1.82 bits per heavy atom. The number of ether oxygens (including phenoxy) is 1. The quantitative estimate of drug-likeness (QED) is 0.819. The lowest BCUT2D eigenvalue weighted by molar-refractivity contribution is 0.450. The van der Waals surface area contributed by atoms with Crippen LogP contribution < -0.4 is 4.74 Å². The van der Waals surface area contributed by atoms with E-state index in [-0.39, 0.29) is 0 Å². The van der Waals surface area contributed by atoms with E-state index in [4.69, 9.17) is 27.9 Å². The Balaban J connectivity index is 2.34. The minimum atomic E-state index is 0.390. The van der Waals surface area contributed by atoms with E-state index in [9.17, 15) is 0 Å². The molecule has 1 aromatic heterocycles. The van der Waals surface area contributed by atoms with Gasteiger partial charge in [-0.3, -0.25) is 0 Å². The Labute approximate surface area is 109 Å². The van der Waals surface area contributed by atoms with E-state index in [1.54, 1.807) is 18.2 Å². The maximum Gasteiger partial charge on any atom is 0.242 e. The average Bonchev–Trinajstić information content (AvgIpc) is 2.30. The van der Waals surface area contributed by atoms with Crippen molar-refractivity contribution in [3.8, 4) is 11.6 Å². The van der Waals surface area contributed by atoms with Gasteiger partial charge in [-0.2, -0.15) is 0 Å². The summed E-state index contributed by atoms with van der Waals surface area (Å²) >= 11 is 11.7. The maximum atomic E-state index is 5.87. The fourth-order valence-corrected chi connectivity index (χ4v) is 1.65. The second kappa shape index (κ2) is 4.90. The second-order valence-electron chi connectivity index (χ2n) is 3.61. The van der Waals surface area contributed by atoms with Gasteiger partial charge >= 0.3 is 0 Å². The zero-order valence-electron chi connectivity index (χ0n) is 9.37. The van der Waals surface area contributed by atoms with Gasteiger partial charge in [0, 0.05) is 10.6 Å². The normalized spacial score (nSPS) is 10.4. The highest BCUT2D eigenvalue weighted by Gasteiger charge is 2.10. The van der Waals surface area contributed by atoms with Crippen LogP contribution in [-0.2, 0) is 0 Å². The van der Waals surface area contributed by atoms with E-state index in [2.05, 4.69) is 10.2 Å². The molecule has 0 atom stereocenters. The number of hydrogen-bond donors (Lipinski definition) is 0. The van der Waals surface area contributed by atoms with Crippen LogP contribution in [0.4, 0.5) is 0 Å². The zero-order valence-corrected chi connectivity index (χ0v) is 10.9. The summed E-state index contributed by atoms with van der Waals surface area (Å²) in [5.74, 6) is 1.06. The highest BCUT2D eigenvalue weighted by atomic mass is 35.5. The van der Waals surface area contributed by atoms with E-state index >= 15 is 0 Å². The molecule has 88 valence electrons. The lowest BCUT2D eigenvalue weighted by Gasteiger charge is -2.09. The highest BCUT2D eigenvalue weighted by Crippen LogP contribution is 2.27. The summed E-state index contributed by atoms with van der Waals surface area (Å²) in [5.41, 5.74) is 1.73. The van der Waals surface area contributed by atoms with Gasteiger partial charge in [0.15, 0.2) is 5.15 Å². The molecule has 0 unspecified atom stereocenters. The van der Waals surface area contributed by atoms with Gasteiger partial charge in [-0.15, -0.1) is 10.2 Å². The molecule has 0 aliphatic carbocycles. The van der Waals surface area contributed by atoms with Crippen molar-refractivity contribution in [2.24, 2.45) is 0 Å². The van der Waals surface area contributed by atoms with Crippen molar-refractivity contribution in [1.82, 2.24) is 10.2 Å². The van der Waals surface area contributed by atoms with Crippen LogP contribution in [0.1, 0.15) is 11.1 Å². The van der Waals surface area contributed by atoms with E-state index in [0.29, 0.717) is 21.8 Å². The van der Waals surface area contributed by atoms with Gasteiger partial charge in [-0.05, 0) is 37.6 Å². The first kappa shape index (κ1) is 12.1. The molecule has 0 aliphatic rings. The Kier molecular flexibility index (Phi) is 3.50. The van der Waals surface area contributed by atoms with Crippen molar-refractivity contribution in [2.75, 3.05) is 0 Å². The molecule has 3 nitrogen and oxygen atoms in total. The van der Waals surface area contributed by atoms with E-state index in [0.717, 1.165) is 11.1 Å². The zero-order chi connectivity index (χ0) is 12.4. The van der Waals surface area contributed by atoms with E-state index in [1.807, 2.05) is 19.9 Å². The van der Waals surface area contributed by atoms with Gasteiger partial charge in [0.1, 0.15) is 5.75 Å². The molecule has 5 heteroatoms. The number of rotatable bonds is 2. The summed E-state index contributed by atoms with van der Waals surface area (Å²) in [6, 6.07) is 7.10. The van der Waals surface area contributed by atoms with Crippen LogP contribution in [0.15, 0.2) is 24.3 Å². The fourth-order valence-electron chi connectivity index (χ4n) is 1.29. The SMILES string of the molecule is Cc1c(Cl)nnc(Oc2cccc(Cl)c2)c1C. The lowest BCUT2D eigenvalue weighted by atomic mass is 10.2. The summed E-state index contributed by atoms with van der Waals surface area (Å²) in [5, 5.41) is 8.73. The van der Waals surface area contributed by atoms with Crippen molar-refractivity contribution >= 4 is 23.2 Å². The molecule has 0 spiro atoms. The third kappa shape index (κ3) is 2.68.